The molecule has 0 radical (unpaired) electrons. The third kappa shape index (κ3) is 4.30. The third-order valence-corrected chi connectivity index (χ3v) is 7.19. The molecule has 2 amide bonds. The number of rotatable bonds is 5. The number of nitrogens with one attached hydrogen (secondary N) is 2. The molecule has 2 heterocycles. The van der Waals surface area contributed by atoms with Crippen molar-refractivity contribution in [2.75, 3.05) is 30.3 Å². The van der Waals surface area contributed by atoms with Gasteiger partial charge < -0.3 is 15.5 Å². The molecule has 0 bridgehead atoms. The van der Waals surface area contributed by atoms with Crippen LogP contribution in [-0.2, 0) is 10.0 Å². The van der Waals surface area contributed by atoms with Gasteiger partial charge in [0, 0.05) is 30.1 Å². The Morgan fingerprint density at radius 3 is 2.60 bits per heavy atom. The molecule has 2 aromatic rings. The van der Waals surface area contributed by atoms with E-state index in [1.54, 1.807) is 42.5 Å². The van der Waals surface area contributed by atoms with Crippen molar-refractivity contribution in [1.82, 2.24) is 10.6 Å². The number of amides is 2. The van der Waals surface area contributed by atoms with Crippen molar-refractivity contribution in [3.05, 3.63) is 58.6 Å². The maximum atomic E-state index is 12.4. The molecule has 4 rings (SSSR count). The molecule has 2 N–H and O–H groups in total. The van der Waals surface area contributed by atoms with Crippen LogP contribution < -0.4 is 15.5 Å². The summed E-state index contributed by atoms with van der Waals surface area (Å²) in [7, 11) is -3.42. The molecular formula is C19H17ClN4O4S2. The van der Waals surface area contributed by atoms with Crippen LogP contribution >= 0.6 is 23.4 Å². The van der Waals surface area contributed by atoms with Gasteiger partial charge in [-0.3, -0.25) is 9.59 Å². The fraction of sp³-hybridized carbons (Fsp3) is 0.211. The zero-order valence-corrected chi connectivity index (χ0v) is 18.0. The van der Waals surface area contributed by atoms with Crippen molar-refractivity contribution in [3.63, 3.8) is 0 Å². The van der Waals surface area contributed by atoms with Crippen LogP contribution in [0.3, 0.4) is 0 Å². The molecule has 0 atom stereocenters. The number of hydrogen-bond donors (Lipinski definition) is 2. The number of benzene rings is 2. The summed E-state index contributed by atoms with van der Waals surface area (Å²) in [6.45, 7) is 0.839. The predicted molar refractivity (Wildman–Crippen MR) is 117 cm³/mol. The van der Waals surface area contributed by atoms with Crippen LogP contribution in [0.25, 0.3) is 0 Å². The van der Waals surface area contributed by atoms with E-state index in [0.717, 1.165) is 10.6 Å². The summed E-state index contributed by atoms with van der Waals surface area (Å²) < 4.78 is 27.2. The fourth-order valence-corrected chi connectivity index (χ4v) is 5.58. The lowest BCUT2D eigenvalue weighted by molar-refractivity contribution is 0.0927. The van der Waals surface area contributed by atoms with E-state index in [4.69, 9.17) is 11.6 Å². The number of halogens is 1. The molecule has 0 saturated heterocycles. The summed E-state index contributed by atoms with van der Waals surface area (Å²) in [6, 6.07) is 11.9. The highest BCUT2D eigenvalue weighted by Crippen LogP contribution is 2.42. The van der Waals surface area contributed by atoms with Crippen molar-refractivity contribution in [1.29, 1.82) is 0 Å². The maximum Gasteiger partial charge on any atom is 0.257 e. The molecule has 0 unspecified atom stereocenters. The lowest BCUT2D eigenvalue weighted by atomic mass is 10.2. The number of carbonyl (C=O) groups excluding carboxylic acids is 2. The first-order valence-electron chi connectivity index (χ1n) is 9.07. The van der Waals surface area contributed by atoms with Gasteiger partial charge in [-0.1, -0.05) is 23.7 Å². The number of amidine groups is 1. The molecule has 30 heavy (non-hydrogen) atoms. The first-order chi connectivity index (χ1) is 14.3. The standard InChI is InChI=1S/C19H17ClN4O4S2/c20-14-4-2-1-3-13(14)18(26)22-8-7-21-17(25)12-5-6-15-16(11-12)29-19-23-30(27,28)10-9-24(15)19/h1-6,11H,7-10H2,(H,21,25)(H,22,26). The second kappa shape index (κ2) is 8.29. The van der Waals surface area contributed by atoms with Crippen LogP contribution in [0.4, 0.5) is 5.69 Å². The Bertz CT molecular complexity index is 1170. The lowest BCUT2D eigenvalue weighted by Crippen LogP contribution is -2.35. The van der Waals surface area contributed by atoms with E-state index < -0.39 is 10.0 Å². The molecule has 0 aromatic heterocycles. The quantitative estimate of drug-likeness (QED) is 0.656. The van der Waals surface area contributed by atoms with Crippen LogP contribution in [0.5, 0.6) is 0 Å². The number of thioether (sulfide) groups is 1. The summed E-state index contributed by atoms with van der Waals surface area (Å²) in [5.74, 6) is -0.625. The van der Waals surface area contributed by atoms with Crippen molar-refractivity contribution < 1.29 is 18.0 Å². The first kappa shape index (κ1) is 20.7. The van der Waals surface area contributed by atoms with Crippen LogP contribution in [0.15, 0.2) is 51.8 Å². The number of anilines is 1. The van der Waals surface area contributed by atoms with Gasteiger partial charge in [-0.15, -0.1) is 4.40 Å². The van der Waals surface area contributed by atoms with Gasteiger partial charge in [0.05, 0.1) is 22.0 Å². The molecule has 2 aromatic carbocycles. The Morgan fingerprint density at radius 1 is 1.10 bits per heavy atom. The molecule has 0 spiro atoms. The molecule has 2 aliphatic heterocycles. The summed E-state index contributed by atoms with van der Waals surface area (Å²) >= 11 is 7.22. The number of fused-ring (bicyclic) bond motifs is 3. The Kier molecular flexibility index (Phi) is 5.72. The van der Waals surface area contributed by atoms with Crippen molar-refractivity contribution in [2.45, 2.75) is 4.90 Å². The van der Waals surface area contributed by atoms with Gasteiger partial charge in [0.2, 0.25) is 0 Å². The molecule has 0 aliphatic carbocycles. The van der Waals surface area contributed by atoms with Crippen LogP contribution in [0.2, 0.25) is 5.02 Å². The van der Waals surface area contributed by atoms with Gasteiger partial charge in [-0.05, 0) is 42.1 Å². The van der Waals surface area contributed by atoms with E-state index in [2.05, 4.69) is 15.0 Å². The fourth-order valence-electron chi connectivity index (χ4n) is 3.07. The number of sulfonamides is 1. The van der Waals surface area contributed by atoms with E-state index in [9.17, 15) is 18.0 Å². The van der Waals surface area contributed by atoms with E-state index >= 15 is 0 Å². The maximum absolute atomic E-state index is 12.4. The van der Waals surface area contributed by atoms with Gasteiger partial charge in [0.15, 0.2) is 5.17 Å². The van der Waals surface area contributed by atoms with E-state index in [1.807, 2.05) is 4.90 Å². The molecule has 0 saturated carbocycles. The normalized spacial score (nSPS) is 16.3. The molecular weight excluding hydrogens is 448 g/mol. The largest absolute Gasteiger partial charge is 0.350 e. The Labute approximate surface area is 182 Å². The second-order valence-corrected chi connectivity index (χ2v) is 9.76. The summed E-state index contributed by atoms with van der Waals surface area (Å²) in [5, 5.41) is 6.24. The topological polar surface area (TPSA) is 108 Å². The third-order valence-electron chi connectivity index (χ3n) is 4.55. The predicted octanol–water partition coefficient (Wildman–Crippen LogP) is 2.11. The summed E-state index contributed by atoms with van der Waals surface area (Å²) in [5.41, 5.74) is 1.67. The molecule has 11 heteroatoms. The Morgan fingerprint density at radius 2 is 1.83 bits per heavy atom. The van der Waals surface area contributed by atoms with E-state index in [1.165, 1.54) is 11.8 Å². The SMILES string of the molecule is O=C(NCCNC(=O)c1ccccc1Cl)c1ccc2c(c1)SC1=NS(=O)(=O)CCN12. The Hall–Kier alpha value is -2.56. The molecule has 0 fully saturated rings. The van der Waals surface area contributed by atoms with Gasteiger partial charge in [0.1, 0.15) is 0 Å². The number of carbonyl (C=O) groups is 2. The van der Waals surface area contributed by atoms with Crippen LogP contribution in [0.1, 0.15) is 20.7 Å². The van der Waals surface area contributed by atoms with Gasteiger partial charge in [0.25, 0.3) is 21.8 Å². The average Bonchev–Trinajstić information content (AvgIpc) is 3.06. The summed E-state index contributed by atoms with van der Waals surface area (Å²) in [6.07, 6.45) is 0. The van der Waals surface area contributed by atoms with Crippen LogP contribution in [-0.4, -0.2) is 50.8 Å². The smallest absolute Gasteiger partial charge is 0.257 e. The highest BCUT2D eigenvalue weighted by Gasteiger charge is 2.33. The highest BCUT2D eigenvalue weighted by molar-refractivity contribution is 8.15. The van der Waals surface area contributed by atoms with Crippen molar-refractivity contribution in [2.24, 2.45) is 4.40 Å². The van der Waals surface area contributed by atoms with Gasteiger partial charge in [-0.2, -0.15) is 0 Å². The van der Waals surface area contributed by atoms with Crippen LogP contribution in [0, 0.1) is 0 Å². The zero-order chi connectivity index (χ0) is 21.3. The molecule has 156 valence electrons. The van der Waals surface area contributed by atoms with Gasteiger partial charge in [-0.25, -0.2) is 8.42 Å². The summed E-state index contributed by atoms with van der Waals surface area (Å²) in [4.78, 5) is 27.2. The number of hydrogen-bond acceptors (Lipinski definition) is 6. The molecule has 8 nitrogen and oxygen atoms in total. The minimum atomic E-state index is -3.42. The lowest BCUT2D eigenvalue weighted by Gasteiger charge is -2.22. The monoisotopic (exact) mass is 464 g/mol. The minimum Gasteiger partial charge on any atom is -0.350 e. The van der Waals surface area contributed by atoms with Crippen molar-refractivity contribution >= 4 is 56.1 Å². The Balaban J connectivity index is 1.34. The minimum absolute atomic E-state index is 0.0291. The van der Waals surface area contributed by atoms with E-state index in [0.29, 0.717) is 27.9 Å². The first-order valence-corrected chi connectivity index (χ1v) is 11.9. The number of nitrogens with zero attached hydrogens (tertiary/aromatic N) is 2. The second-order valence-electron chi connectivity index (χ2n) is 6.59. The zero-order valence-electron chi connectivity index (χ0n) is 15.6. The van der Waals surface area contributed by atoms with Gasteiger partial charge >= 0.3 is 0 Å². The molecule has 2 aliphatic rings. The average molecular weight is 465 g/mol. The highest BCUT2D eigenvalue weighted by atomic mass is 35.5. The van der Waals surface area contributed by atoms with Crippen molar-refractivity contribution in [3.8, 4) is 0 Å². The van der Waals surface area contributed by atoms with E-state index in [-0.39, 0.29) is 30.7 Å².